The van der Waals surface area contributed by atoms with E-state index in [1.165, 1.54) is 6.20 Å². The number of hydrogen-bond donors (Lipinski definition) is 2. The van der Waals surface area contributed by atoms with Crippen LogP contribution in [0.1, 0.15) is 51.6 Å². The Balaban J connectivity index is 1.89. The maximum atomic E-state index is 12.6. The summed E-state index contributed by atoms with van der Waals surface area (Å²) in [5.41, 5.74) is 3.85. The number of nitrogens with one attached hydrogen (secondary N) is 1. The van der Waals surface area contributed by atoms with Crippen molar-refractivity contribution in [1.82, 2.24) is 15.1 Å². The van der Waals surface area contributed by atoms with E-state index in [0.29, 0.717) is 11.1 Å². The number of rotatable bonds is 4. The zero-order valence-electron chi connectivity index (χ0n) is 13.9. The number of carboxylic acid groups (broad SMARTS) is 1. The molecule has 1 atom stereocenters. The van der Waals surface area contributed by atoms with Crippen LogP contribution in [0, 0.1) is 13.8 Å². The minimum Gasteiger partial charge on any atom is -0.479 e. The number of aliphatic carboxylic acids is 1. The Bertz CT molecular complexity index is 795. The maximum Gasteiger partial charge on any atom is 0.330 e. The SMILES string of the molecule is Cc1cccc(C(NC(=O)c2cnn3c2CCCC3)C(=O)O)c1C. The molecular weight excluding hydrogens is 306 g/mol. The Labute approximate surface area is 140 Å². The molecule has 0 saturated carbocycles. The standard InChI is InChI=1S/C18H21N3O3/c1-11-6-5-7-13(12(11)2)16(18(23)24)20-17(22)14-10-19-21-9-4-3-8-15(14)21/h5-7,10,16H,3-4,8-9H2,1-2H3,(H,20,22)(H,23,24). The number of carboxylic acids is 1. The molecule has 1 aliphatic heterocycles. The van der Waals surface area contributed by atoms with E-state index in [9.17, 15) is 14.7 Å². The normalized spacial score (nSPS) is 14.8. The van der Waals surface area contributed by atoms with E-state index in [4.69, 9.17) is 0 Å². The van der Waals surface area contributed by atoms with Gasteiger partial charge in [-0.25, -0.2) is 4.79 Å². The van der Waals surface area contributed by atoms with Gasteiger partial charge in [-0.15, -0.1) is 0 Å². The molecule has 3 rings (SSSR count). The van der Waals surface area contributed by atoms with Crippen LogP contribution in [0.25, 0.3) is 0 Å². The second kappa shape index (κ2) is 6.47. The summed E-state index contributed by atoms with van der Waals surface area (Å²) < 4.78 is 1.84. The number of aromatic nitrogens is 2. The van der Waals surface area contributed by atoms with E-state index in [-0.39, 0.29) is 5.91 Å². The Hall–Kier alpha value is -2.63. The largest absolute Gasteiger partial charge is 0.479 e. The number of carbonyl (C=O) groups is 2. The van der Waals surface area contributed by atoms with Crippen LogP contribution in [0.2, 0.25) is 0 Å². The molecule has 6 heteroatoms. The molecule has 0 fully saturated rings. The van der Waals surface area contributed by atoms with Crippen molar-refractivity contribution in [2.24, 2.45) is 0 Å². The first-order valence-electron chi connectivity index (χ1n) is 8.13. The van der Waals surface area contributed by atoms with E-state index in [1.807, 2.05) is 30.7 Å². The summed E-state index contributed by atoms with van der Waals surface area (Å²) in [6.45, 7) is 4.60. The summed E-state index contributed by atoms with van der Waals surface area (Å²) in [4.78, 5) is 24.4. The topological polar surface area (TPSA) is 84.2 Å². The fourth-order valence-corrected chi connectivity index (χ4v) is 3.18. The molecule has 0 aliphatic carbocycles. The molecule has 2 heterocycles. The van der Waals surface area contributed by atoms with Gasteiger partial charge in [-0.3, -0.25) is 9.48 Å². The lowest BCUT2D eigenvalue weighted by molar-refractivity contribution is -0.139. The number of amides is 1. The van der Waals surface area contributed by atoms with Gasteiger partial charge < -0.3 is 10.4 Å². The summed E-state index contributed by atoms with van der Waals surface area (Å²) in [5, 5.41) is 16.5. The summed E-state index contributed by atoms with van der Waals surface area (Å²) in [6.07, 6.45) is 4.41. The van der Waals surface area contributed by atoms with Gasteiger partial charge in [0.2, 0.25) is 0 Å². The fourth-order valence-electron chi connectivity index (χ4n) is 3.18. The van der Waals surface area contributed by atoms with Crippen LogP contribution in [0.4, 0.5) is 0 Å². The highest BCUT2D eigenvalue weighted by Crippen LogP contribution is 2.23. The smallest absolute Gasteiger partial charge is 0.330 e. The van der Waals surface area contributed by atoms with Crippen LogP contribution < -0.4 is 5.32 Å². The lowest BCUT2D eigenvalue weighted by Crippen LogP contribution is -2.34. The minimum absolute atomic E-state index is 0.383. The molecule has 2 aromatic rings. The highest BCUT2D eigenvalue weighted by Gasteiger charge is 2.27. The summed E-state index contributed by atoms with van der Waals surface area (Å²) >= 11 is 0. The molecule has 1 aliphatic rings. The first kappa shape index (κ1) is 16.2. The van der Waals surface area contributed by atoms with Gasteiger partial charge in [0.25, 0.3) is 5.91 Å². The lowest BCUT2D eigenvalue weighted by atomic mass is 9.97. The molecule has 126 valence electrons. The third-order valence-corrected chi connectivity index (χ3v) is 4.71. The van der Waals surface area contributed by atoms with E-state index in [1.54, 1.807) is 6.07 Å². The highest BCUT2D eigenvalue weighted by molar-refractivity contribution is 5.97. The lowest BCUT2D eigenvalue weighted by Gasteiger charge is -2.19. The molecule has 0 radical (unpaired) electrons. The first-order chi connectivity index (χ1) is 11.5. The summed E-state index contributed by atoms with van der Waals surface area (Å²) in [5.74, 6) is -1.45. The average Bonchev–Trinajstić information content (AvgIpc) is 2.99. The molecule has 0 bridgehead atoms. The number of carbonyl (C=O) groups excluding carboxylic acids is 1. The molecule has 6 nitrogen and oxygen atoms in total. The number of fused-ring (bicyclic) bond motifs is 1. The predicted octanol–water partition coefficient (Wildman–Crippen LogP) is 2.39. The number of hydrogen-bond acceptors (Lipinski definition) is 3. The van der Waals surface area contributed by atoms with Gasteiger partial charge in [0.1, 0.15) is 0 Å². The Morgan fingerprint density at radius 1 is 1.29 bits per heavy atom. The quantitative estimate of drug-likeness (QED) is 0.903. The molecule has 0 saturated heterocycles. The Kier molecular flexibility index (Phi) is 4.38. The highest BCUT2D eigenvalue weighted by atomic mass is 16.4. The van der Waals surface area contributed by atoms with Crippen molar-refractivity contribution in [2.75, 3.05) is 0 Å². The van der Waals surface area contributed by atoms with Crippen molar-refractivity contribution in [1.29, 1.82) is 0 Å². The van der Waals surface area contributed by atoms with Gasteiger partial charge in [0.15, 0.2) is 6.04 Å². The Morgan fingerprint density at radius 2 is 2.08 bits per heavy atom. The molecular formula is C18H21N3O3. The molecule has 2 N–H and O–H groups in total. The molecule has 1 unspecified atom stereocenters. The van der Waals surface area contributed by atoms with Crippen molar-refractivity contribution in [3.8, 4) is 0 Å². The van der Waals surface area contributed by atoms with Gasteiger partial charge in [0.05, 0.1) is 17.5 Å². The summed E-state index contributed by atoms with van der Waals surface area (Å²) in [7, 11) is 0. The number of aryl methyl sites for hydroxylation is 2. The monoisotopic (exact) mass is 327 g/mol. The van der Waals surface area contributed by atoms with Crippen molar-refractivity contribution in [2.45, 2.75) is 45.7 Å². The molecule has 1 aromatic carbocycles. The first-order valence-corrected chi connectivity index (χ1v) is 8.13. The van der Waals surface area contributed by atoms with Crippen LogP contribution in [0.3, 0.4) is 0 Å². The van der Waals surface area contributed by atoms with Gasteiger partial charge in [-0.2, -0.15) is 5.10 Å². The van der Waals surface area contributed by atoms with Crippen molar-refractivity contribution < 1.29 is 14.7 Å². The molecule has 1 amide bonds. The van der Waals surface area contributed by atoms with Crippen molar-refractivity contribution >= 4 is 11.9 Å². The average molecular weight is 327 g/mol. The Morgan fingerprint density at radius 3 is 2.83 bits per heavy atom. The minimum atomic E-state index is -1.07. The van der Waals surface area contributed by atoms with E-state index < -0.39 is 12.0 Å². The zero-order chi connectivity index (χ0) is 17.3. The van der Waals surface area contributed by atoms with Crippen LogP contribution in [0.15, 0.2) is 24.4 Å². The van der Waals surface area contributed by atoms with Gasteiger partial charge >= 0.3 is 5.97 Å². The predicted molar refractivity (Wildman–Crippen MR) is 88.9 cm³/mol. The van der Waals surface area contributed by atoms with Crippen LogP contribution in [-0.4, -0.2) is 26.8 Å². The third kappa shape index (κ3) is 2.91. The van der Waals surface area contributed by atoms with Crippen molar-refractivity contribution in [3.63, 3.8) is 0 Å². The fraction of sp³-hybridized carbons (Fsp3) is 0.389. The van der Waals surface area contributed by atoms with E-state index in [0.717, 1.165) is 42.6 Å². The summed E-state index contributed by atoms with van der Waals surface area (Å²) in [6, 6.07) is 4.40. The van der Waals surface area contributed by atoms with Gasteiger partial charge in [-0.05, 0) is 49.8 Å². The van der Waals surface area contributed by atoms with Gasteiger partial charge in [0, 0.05) is 6.54 Å². The second-order valence-electron chi connectivity index (χ2n) is 6.22. The van der Waals surface area contributed by atoms with Crippen LogP contribution in [-0.2, 0) is 17.8 Å². The molecule has 1 aromatic heterocycles. The van der Waals surface area contributed by atoms with Crippen LogP contribution in [0.5, 0.6) is 0 Å². The van der Waals surface area contributed by atoms with Gasteiger partial charge in [-0.1, -0.05) is 18.2 Å². The van der Waals surface area contributed by atoms with Crippen molar-refractivity contribution in [3.05, 3.63) is 52.3 Å². The molecule has 24 heavy (non-hydrogen) atoms. The number of nitrogens with zero attached hydrogens (tertiary/aromatic N) is 2. The van der Waals surface area contributed by atoms with Crippen LogP contribution >= 0.6 is 0 Å². The third-order valence-electron chi connectivity index (χ3n) is 4.71. The van der Waals surface area contributed by atoms with E-state index >= 15 is 0 Å². The number of benzene rings is 1. The maximum absolute atomic E-state index is 12.6. The zero-order valence-corrected chi connectivity index (χ0v) is 13.9. The van der Waals surface area contributed by atoms with E-state index in [2.05, 4.69) is 10.4 Å². The molecule has 0 spiro atoms. The second-order valence-corrected chi connectivity index (χ2v) is 6.22.